The smallest absolute Gasteiger partial charge is 0.336 e. The van der Waals surface area contributed by atoms with Crippen LogP contribution < -0.4 is 5.73 Å². The molecule has 0 bridgehead atoms. The lowest BCUT2D eigenvalue weighted by Gasteiger charge is -2.13. The number of aromatic carboxylic acids is 2. The first-order valence-corrected chi connectivity index (χ1v) is 9.60. The van der Waals surface area contributed by atoms with Crippen LogP contribution in [0.4, 0.5) is 5.69 Å². The van der Waals surface area contributed by atoms with Crippen LogP contribution in [-0.2, 0) is 4.79 Å². The predicted octanol–water partition coefficient (Wildman–Crippen LogP) is 4.80. The summed E-state index contributed by atoms with van der Waals surface area (Å²) in [6.07, 6.45) is 0.537. The van der Waals surface area contributed by atoms with Crippen molar-refractivity contribution in [2.24, 2.45) is 0 Å². The fraction of sp³-hybridized carbons (Fsp3) is 0. The van der Waals surface area contributed by atoms with Crippen molar-refractivity contribution in [1.82, 2.24) is 0 Å². The quantitative estimate of drug-likeness (QED) is 0.304. The van der Waals surface area contributed by atoms with E-state index < -0.39 is 11.9 Å². The van der Waals surface area contributed by atoms with Gasteiger partial charge in [-0.2, -0.15) is 0 Å². The van der Waals surface area contributed by atoms with Gasteiger partial charge >= 0.3 is 11.9 Å². The lowest BCUT2D eigenvalue weighted by Crippen LogP contribution is -2.05. The Morgan fingerprint density at radius 3 is 1.64 bits per heavy atom. The molecule has 0 saturated heterocycles. The van der Waals surface area contributed by atoms with Crippen LogP contribution in [0.1, 0.15) is 31.1 Å². The van der Waals surface area contributed by atoms with E-state index in [4.69, 9.17) is 10.5 Å². The first-order valence-electron chi connectivity index (χ1n) is 9.60. The molecule has 0 amide bonds. The van der Waals surface area contributed by atoms with Gasteiger partial charge in [-0.25, -0.2) is 9.59 Å². The Balaban J connectivity index is 0.000000362. The van der Waals surface area contributed by atoms with E-state index in [-0.39, 0.29) is 27.5 Å². The number of benzene rings is 4. The number of nitrogen functional groups attached to an aromatic ring is 1. The Morgan fingerprint density at radius 1 is 0.697 bits per heavy atom. The molecule has 166 valence electrons. The summed E-state index contributed by atoms with van der Waals surface area (Å²) in [5, 5.41) is 19.3. The number of fused-ring (bicyclic) bond motifs is 1. The monoisotopic (exact) mass is 443 g/mol. The molecule has 0 spiro atoms. The SMILES string of the molecule is C=O.Nc1ccccc1.O=Cc1ccc(C(=O)O)c2c(-c3ccccc3)ccc(C(=O)O)c12. The van der Waals surface area contributed by atoms with E-state index in [0.717, 1.165) is 11.3 Å². The van der Waals surface area contributed by atoms with E-state index in [1.165, 1.54) is 18.2 Å². The van der Waals surface area contributed by atoms with E-state index in [9.17, 15) is 24.6 Å². The summed E-state index contributed by atoms with van der Waals surface area (Å²) < 4.78 is 0. The Labute approximate surface area is 189 Å². The molecule has 0 fully saturated rings. The van der Waals surface area contributed by atoms with Crippen molar-refractivity contribution in [2.75, 3.05) is 5.73 Å². The van der Waals surface area contributed by atoms with Crippen LogP contribution in [0, 0.1) is 0 Å². The minimum atomic E-state index is -1.22. The highest BCUT2D eigenvalue weighted by atomic mass is 16.4. The van der Waals surface area contributed by atoms with Crippen LogP contribution in [0.15, 0.2) is 84.9 Å². The standard InChI is InChI=1S/C19H12O5.C6H7N.CH2O/c20-10-12-6-7-15(19(23)24)17-13(11-4-2-1-3-5-11)8-9-14(16(12)17)18(21)22;7-6-4-2-1-3-5-6;1-2/h1-10H,(H,21,22)(H,23,24);1-5H,7H2;1H2. The summed E-state index contributed by atoms with van der Waals surface area (Å²) in [5.41, 5.74) is 7.48. The maximum atomic E-state index is 11.6. The third kappa shape index (κ3) is 5.68. The molecule has 7 nitrogen and oxygen atoms in total. The van der Waals surface area contributed by atoms with Gasteiger partial charge in [0.2, 0.25) is 0 Å². The zero-order valence-corrected chi connectivity index (χ0v) is 17.5. The number of carbonyl (C=O) groups is 4. The molecule has 0 radical (unpaired) electrons. The highest BCUT2D eigenvalue weighted by molar-refractivity contribution is 6.19. The topological polar surface area (TPSA) is 135 Å². The van der Waals surface area contributed by atoms with Crippen LogP contribution in [0.25, 0.3) is 21.9 Å². The van der Waals surface area contributed by atoms with Crippen LogP contribution in [0.3, 0.4) is 0 Å². The van der Waals surface area contributed by atoms with Gasteiger partial charge < -0.3 is 20.7 Å². The second kappa shape index (κ2) is 11.6. The third-order valence-corrected chi connectivity index (χ3v) is 4.67. The molecule has 4 aromatic carbocycles. The minimum Gasteiger partial charge on any atom is -0.478 e. The van der Waals surface area contributed by atoms with Crippen molar-refractivity contribution in [2.45, 2.75) is 0 Å². The number of rotatable bonds is 4. The van der Waals surface area contributed by atoms with Crippen LogP contribution in [0.2, 0.25) is 0 Å². The lowest BCUT2D eigenvalue weighted by atomic mass is 9.89. The van der Waals surface area contributed by atoms with Crippen molar-refractivity contribution in [1.29, 1.82) is 0 Å². The Bertz CT molecular complexity index is 1270. The number of carbonyl (C=O) groups excluding carboxylic acids is 2. The molecule has 0 aliphatic heterocycles. The van der Waals surface area contributed by atoms with E-state index >= 15 is 0 Å². The summed E-state index contributed by atoms with van der Waals surface area (Å²) in [6, 6.07) is 24.1. The molecular formula is C26H21NO6. The summed E-state index contributed by atoms with van der Waals surface area (Å²) in [6.45, 7) is 2.00. The Morgan fingerprint density at radius 2 is 1.18 bits per heavy atom. The molecule has 4 rings (SSSR count). The van der Waals surface area contributed by atoms with E-state index in [0.29, 0.717) is 11.8 Å². The molecule has 0 heterocycles. The predicted molar refractivity (Wildman–Crippen MR) is 127 cm³/mol. The number of carboxylic acids is 2. The zero-order chi connectivity index (χ0) is 24.4. The molecular weight excluding hydrogens is 422 g/mol. The average molecular weight is 443 g/mol. The largest absolute Gasteiger partial charge is 0.478 e. The second-order valence-corrected chi connectivity index (χ2v) is 6.62. The average Bonchev–Trinajstić information content (AvgIpc) is 2.85. The molecule has 0 saturated carbocycles. The number of nitrogens with two attached hydrogens (primary N) is 1. The van der Waals surface area contributed by atoms with E-state index in [1.807, 2.05) is 43.2 Å². The number of hydrogen-bond donors (Lipinski definition) is 3. The van der Waals surface area contributed by atoms with Gasteiger partial charge in [-0.05, 0) is 35.4 Å². The highest BCUT2D eigenvalue weighted by Crippen LogP contribution is 2.35. The maximum Gasteiger partial charge on any atom is 0.336 e. The van der Waals surface area contributed by atoms with Gasteiger partial charge in [-0.3, -0.25) is 4.79 Å². The van der Waals surface area contributed by atoms with Crippen LogP contribution in [0.5, 0.6) is 0 Å². The highest BCUT2D eigenvalue weighted by Gasteiger charge is 2.20. The molecule has 0 unspecified atom stereocenters. The lowest BCUT2D eigenvalue weighted by molar-refractivity contribution is -0.0980. The number of para-hydroxylation sites is 1. The molecule has 0 atom stereocenters. The summed E-state index contributed by atoms with van der Waals surface area (Å²) in [4.78, 5) is 42.6. The Hall–Kier alpha value is -4.78. The molecule has 33 heavy (non-hydrogen) atoms. The van der Waals surface area contributed by atoms with Gasteiger partial charge in [0.05, 0.1) is 11.1 Å². The Kier molecular flexibility index (Phi) is 8.58. The normalized spacial score (nSPS) is 9.58. The molecule has 4 aromatic rings. The van der Waals surface area contributed by atoms with Crippen molar-refractivity contribution in [3.8, 4) is 11.1 Å². The fourth-order valence-corrected chi connectivity index (χ4v) is 3.29. The second-order valence-electron chi connectivity index (χ2n) is 6.62. The molecule has 7 heteroatoms. The van der Waals surface area contributed by atoms with Crippen molar-refractivity contribution < 1.29 is 29.4 Å². The number of hydrogen-bond acceptors (Lipinski definition) is 5. The van der Waals surface area contributed by atoms with Crippen molar-refractivity contribution in [3.63, 3.8) is 0 Å². The molecule has 0 aliphatic carbocycles. The minimum absolute atomic E-state index is 0.0439. The van der Waals surface area contributed by atoms with Gasteiger partial charge in [0, 0.05) is 22.0 Å². The zero-order valence-electron chi connectivity index (χ0n) is 17.5. The van der Waals surface area contributed by atoms with Gasteiger partial charge in [0.15, 0.2) is 6.29 Å². The van der Waals surface area contributed by atoms with Gasteiger partial charge in [0.25, 0.3) is 0 Å². The summed E-state index contributed by atoms with van der Waals surface area (Å²) in [7, 11) is 0. The summed E-state index contributed by atoms with van der Waals surface area (Å²) >= 11 is 0. The molecule has 0 aromatic heterocycles. The van der Waals surface area contributed by atoms with Crippen molar-refractivity contribution in [3.05, 3.63) is 102 Å². The van der Waals surface area contributed by atoms with Crippen LogP contribution >= 0.6 is 0 Å². The van der Waals surface area contributed by atoms with E-state index in [2.05, 4.69) is 0 Å². The van der Waals surface area contributed by atoms with Gasteiger partial charge in [-0.1, -0.05) is 60.7 Å². The summed E-state index contributed by atoms with van der Waals surface area (Å²) in [5.74, 6) is -2.40. The number of carboxylic acid groups (broad SMARTS) is 2. The van der Waals surface area contributed by atoms with Crippen LogP contribution in [-0.4, -0.2) is 35.2 Å². The number of anilines is 1. The van der Waals surface area contributed by atoms with Gasteiger partial charge in [0.1, 0.15) is 6.79 Å². The molecule has 4 N–H and O–H groups in total. The van der Waals surface area contributed by atoms with Gasteiger partial charge in [-0.15, -0.1) is 0 Å². The third-order valence-electron chi connectivity index (χ3n) is 4.67. The molecule has 0 aliphatic rings. The first-order chi connectivity index (χ1) is 15.9. The number of aldehydes is 1. The first kappa shape index (κ1) is 24.5. The fourth-order valence-electron chi connectivity index (χ4n) is 3.29. The van der Waals surface area contributed by atoms with Crippen molar-refractivity contribution >= 4 is 41.5 Å². The van der Waals surface area contributed by atoms with E-state index in [1.54, 1.807) is 30.3 Å². The maximum absolute atomic E-state index is 11.6.